The SMILES string of the molecule is COc1ccc(C(C(=O)Nc2ccc(N(C)C)cc2)N(Cc2ccccc2)C(=O)CSc2nc(C)cc(C)n2)cc1OC. The van der Waals surface area contributed by atoms with Crippen molar-refractivity contribution >= 4 is 35.0 Å². The molecule has 4 aromatic rings. The van der Waals surface area contributed by atoms with Gasteiger partial charge in [0.1, 0.15) is 6.04 Å². The molecule has 4 rings (SSSR count). The van der Waals surface area contributed by atoms with Gasteiger partial charge in [-0.2, -0.15) is 0 Å². The summed E-state index contributed by atoms with van der Waals surface area (Å²) in [5, 5.41) is 3.54. The van der Waals surface area contributed by atoms with Crippen LogP contribution in [0.2, 0.25) is 0 Å². The molecule has 0 saturated carbocycles. The van der Waals surface area contributed by atoms with Gasteiger partial charge in [0.15, 0.2) is 16.7 Å². The van der Waals surface area contributed by atoms with Crippen molar-refractivity contribution in [3.05, 3.63) is 101 Å². The molecular formula is C33H37N5O4S. The normalized spacial score (nSPS) is 11.4. The Hall–Kier alpha value is -4.57. The predicted octanol–water partition coefficient (Wildman–Crippen LogP) is 5.68. The van der Waals surface area contributed by atoms with Crippen LogP contribution in [0.1, 0.15) is 28.6 Å². The maximum atomic E-state index is 14.2. The number of benzene rings is 3. The van der Waals surface area contributed by atoms with Crippen LogP contribution >= 0.6 is 11.8 Å². The summed E-state index contributed by atoms with van der Waals surface area (Å²) < 4.78 is 11.0. The van der Waals surface area contributed by atoms with Crippen molar-refractivity contribution in [2.24, 2.45) is 0 Å². The molecule has 3 aromatic carbocycles. The largest absolute Gasteiger partial charge is 0.493 e. The van der Waals surface area contributed by atoms with Gasteiger partial charge in [0.2, 0.25) is 5.91 Å². The van der Waals surface area contributed by atoms with Gasteiger partial charge in [-0.05, 0) is 67.4 Å². The van der Waals surface area contributed by atoms with Gasteiger partial charge in [-0.1, -0.05) is 48.2 Å². The lowest BCUT2D eigenvalue weighted by Gasteiger charge is -2.32. The third kappa shape index (κ3) is 8.26. The molecule has 2 amide bonds. The number of aromatic nitrogens is 2. The number of anilines is 2. The first-order chi connectivity index (χ1) is 20.7. The Kier molecular flexibility index (Phi) is 10.6. The van der Waals surface area contributed by atoms with Crippen molar-refractivity contribution in [2.45, 2.75) is 31.6 Å². The fourth-order valence-corrected chi connectivity index (χ4v) is 5.46. The first-order valence-electron chi connectivity index (χ1n) is 13.8. The summed E-state index contributed by atoms with van der Waals surface area (Å²) in [7, 11) is 7.00. The molecule has 1 atom stereocenters. The summed E-state index contributed by atoms with van der Waals surface area (Å²) in [6, 6.07) is 23.3. The second-order valence-electron chi connectivity index (χ2n) is 10.2. The third-order valence-electron chi connectivity index (χ3n) is 6.74. The summed E-state index contributed by atoms with van der Waals surface area (Å²) in [4.78, 5) is 40.8. The molecule has 1 unspecified atom stereocenters. The highest BCUT2D eigenvalue weighted by molar-refractivity contribution is 7.99. The van der Waals surface area contributed by atoms with E-state index in [-0.39, 0.29) is 24.1 Å². The van der Waals surface area contributed by atoms with E-state index in [2.05, 4.69) is 15.3 Å². The maximum Gasteiger partial charge on any atom is 0.251 e. The van der Waals surface area contributed by atoms with Crippen molar-refractivity contribution in [1.82, 2.24) is 14.9 Å². The minimum absolute atomic E-state index is 0.0460. The van der Waals surface area contributed by atoms with Gasteiger partial charge in [-0.3, -0.25) is 9.59 Å². The van der Waals surface area contributed by atoms with Crippen LogP contribution in [0.3, 0.4) is 0 Å². The molecule has 1 N–H and O–H groups in total. The lowest BCUT2D eigenvalue weighted by Crippen LogP contribution is -2.41. The van der Waals surface area contributed by atoms with Gasteiger partial charge in [-0.25, -0.2) is 9.97 Å². The number of methoxy groups -OCH3 is 2. The van der Waals surface area contributed by atoms with E-state index in [9.17, 15) is 9.59 Å². The maximum absolute atomic E-state index is 14.2. The first kappa shape index (κ1) is 31.4. The van der Waals surface area contributed by atoms with Crippen LogP contribution in [0.25, 0.3) is 0 Å². The molecule has 0 fully saturated rings. The molecule has 10 heteroatoms. The van der Waals surface area contributed by atoms with Crippen molar-refractivity contribution < 1.29 is 19.1 Å². The fraction of sp³-hybridized carbons (Fsp3) is 0.273. The highest BCUT2D eigenvalue weighted by atomic mass is 32.2. The van der Waals surface area contributed by atoms with Gasteiger partial charge >= 0.3 is 0 Å². The molecule has 0 saturated heterocycles. The second kappa shape index (κ2) is 14.6. The highest BCUT2D eigenvalue weighted by Gasteiger charge is 2.33. The average Bonchev–Trinajstić information content (AvgIpc) is 2.99. The number of ether oxygens (including phenoxy) is 2. The molecule has 0 spiro atoms. The zero-order valence-electron chi connectivity index (χ0n) is 25.3. The van der Waals surface area contributed by atoms with Crippen molar-refractivity contribution in [1.29, 1.82) is 0 Å². The van der Waals surface area contributed by atoms with E-state index in [4.69, 9.17) is 9.47 Å². The molecule has 0 aliphatic carbocycles. The molecule has 0 aliphatic rings. The number of carbonyl (C=O) groups is 2. The van der Waals surface area contributed by atoms with Gasteiger partial charge in [0.05, 0.1) is 20.0 Å². The van der Waals surface area contributed by atoms with Crippen LogP contribution in [-0.2, 0) is 16.1 Å². The summed E-state index contributed by atoms with van der Waals surface area (Å²) >= 11 is 1.25. The number of nitrogens with zero attached hydrogens (tertiary/aromatic N) is 4. The first-order valence-corrected chi connectivity index (χ1v) is 14.8. The van der Waals surface area contributed by atoms with Crippen LogP contribution in [0.4, 0.5) is 11.4 Å². The van der Waals surface area contributed by atoms with E-state index in [0.717, 1.165) is 22.6 Å². The molecule has 1 heterocycles. The number of hydrogen-bond donors (Lipinski definition) is 1. The Morgan fingerprint density at radius 1 is 0.860 bits per heavy atom. The Bertz CT molecular complexity index is 1530. The van der Waals surface area contributed by atoms with Crippen LogP contribution in [-0.4, -0.2) is 60.8 Å². The number of hydrogen-bond acceptors (Lipinski definition) is 8. The highest BCUT2D eigenvalue weighted by Crippen LogP contribution is 2.34. The smallest absolute Gasteiger partial charge is 0.251 e. The quantitative estimate of drug-likeness (QED) is 0.164. The van der Waals surface area contributed by atoms with Crippen LogP contribution < -0.4 is 19.7 Å². The van der Waals surface area contributed by atoms with Gasteiger partial charge in [0, 0.05) is 43.4 Å². The molecule has 1 aromatic heterocycles. The fourth-order valence-electron chi connectivity index (χ4n) is 4.62. The summed E-state index contributed by atoms with van der Waals surface area (Å²) in [6.07, 6.45) is 0. The number of carbonyl (C=O) groups excluding carboxylic acids is 2. The van der Waals surface area contributed by atoms with E-state index >= 15 is 0 Å². The molecule has 0 aliphatic heterocycles. The topological polar surface area (TPSA) is 96.9 Å². The summed E-state index contributed by atoms with van der Waals surface area (Å²) in [5.74, 6) is 0.423. The summed E-state index contributed by atoms with van der Waals surface area (Å²) in [6.45, 7) is 4.00. The average molecular weight is 600 g/mol. The van der Waals surface area contributed by atoms with Crippen molar-refractivity contribution in [2.75, 3.05) is 44.3 Å². The monoisotopic (exact) mass is 599 g/mol. The summed E-state index contributed by atoms with van der Waals surface area (Å²) in [5.41, 5.74) is 4.74. The Morgan fingerprint density at radius 3 is 2.12 bits per heavy atom. The molecule has 43 heavy (non-hydrogen) atoms. The predicted molar refractivity (Wildman–Crippen MR) is 171 cm³/mol. The molecule has 224 valence electrons. The van der Waals surface area contributed by atoms with E-state index in [0.29, 0.717) is 27.9 Å². The Morgan fingerprint density at radius 2 is 1.51 bits per heavy atom. The van der Waals surface area contributed by atoms with E-state index in [1.165, 1.54) is 18.9 Å². The van der Waals surface area contributed by atoms with E-state index in [1.807, 2.05) is 93.5 Å². The second-order valence-corrected chi connectivity index (χ2v) is 11.1. The standard InChI is InChI=1S/C33H37N5O4S/c1-22-18-23(2)35-33(34-22)43-21-30(39)38(20-24-10-8-7-9-11-24)31(25-12-17-28(41-5)29(19-25)42-6)32(40)36-26-13-15-27(16-14-26)37(3)4/h7-19,31H,20-21H2,1-6H3,(H,36,40). The lowest BCUT2D eigenvalue weighted by atomic mass is 10.0. The van der Waals surface area contributed by atoms with Crippen molar-refractivity contribution in [3.63, 3.8) is 0 Å². The minimum atomic E-state index is -0.984. The number of rotatable bonds is 12. The van der Waals surface area contributed by atoms with Crippen LogP contribution in [0.5, 0.6) is 11.5 Å². The van der Waals surface area contributed by atoms with E-state index in [1.54, 1.807) is 30.2 Å². The Balaban J connectivity index is 1.74. The number of thioether (sulfide) groups is 1. The van der Waals surface area contributed by atoms with Gasteiger partial charge < -0.3 is 24.6 Å². The zero-order chi connectivity index (χ0) is 30.9. The van der Waals surface area contributed by atoms with Crippen LogP contribution in [0.15, 0.2) is 84.0 Å². The number of aryl methyl sites for hydroxylation is 2. The van der Waals surface area contributed by atoms with Crippen molar-refractivity contribution in [3.8, 4) is 11.5 Å². The molecule has 0 bridgehead atoms. The minimum Gasteiger partial charge on any atom is -0.493 e. The van der Waals surface area contributed by atoms with Crippen LogP contribution in [0, 0.1) is 13.8 Å². The number of amides is 2. The molecular weight excluding hydrogens is 562 g/mol. The third-order valence-corrected chi connectivity index (χ3v) is 7.57. The van der Waals surface area contributed by atoms with E-state index < -0.39 is 6.04 Å². The zero-order valence-corrected chi connectivity index (χ0v) is 26.1. The molecule has 9 nitrogen and oxygen atoms in total. The lowest BCUT2D eigenvalue weighted by molar-refractivity contribution is -0.137. The Labute approximate surface area is 257 Å². The van der Waals surface area contributed by atoms with Gasteiger partial charge in [-0.15, -0.1) is 0 Å². The molecule has 0 radical (unpaired) electrons. The van der Waals surface area contributed by atoms with Gasteiger partial charge in [0.25, 0.3) is 5.91 Å². The number of nitrogens with one attached hydrogen (secondary N) is 1.